The third-order valence-electron chi connectivity index (χ3n) is 6.52. The van der Waals surface area contributed by atoms with E-state index in [4.69, 9.17) is 9.72 Å². The van der Waals surface area contributed by atoms with E-state index in [2.05, 4.69) is 70.3 Å². The van der Waals surface area contributed by atoms with Crippen LogP contribution in [0, 0.1) is 6.92 Å². The van der Waals surface area contributed by atoms with Crippen LogP contribution in [0.3, 0.4) is 0 Å². The fourth-order valence-corrected chi connectivity index (χ4v) is 5.25. The molecule has 2 heterocycles. The molecular weight excluding hydrogens is 462 g/mol. The molecular formula is C31H33N3OS. The molecule has 0 fully saturated rings. The van der Waals surface area contributed by atoms with Gasteiger partial charge < -0.3 is 10.1 Å². The maximum absolute atomic E-state index is 5.94. The Morgan fingerprint density at radius 1 is 1.08 bits per heavy atom. The number of aromatic nitrogens is 2. The molecule has 1 aliphatic carbocycles. The van der Waals surface area contributed by atoms with E-state index in [9.17, 15) is 0 Å². The maximum atomic E-state index is 5.94. The van der Waals surface area contributed by atoms with Gasteiger partial charge in [0.2, 0.25) is 0 Å². The summed E-state index contributed by atoms with van der Waals surface area (Å²) in [6.45, 7) is 2.80. The summed E-state index contributed by atoms with van der Waals surface area (Å²) in [5.74, 6) is 2.58. The second-order valence-corrected chi connectivity index (χ2v) is 10.3. The first-order valence-electron chi connectivity index (χ1n) is 12.9. The minimum Gasteiger partial charge on any atom is -0.494 e. The molecule has 4 aromatic rings. The zero-order valence-electron chi connectivity index (χ0n) is 20.9. The number of thiophene rings is 1. The first-order valence-corrected chi connectivity index (χ1v) is 13.7. The number of anilines is 2. The van der Waals surface area contributed by atoms with E-state index in [1.54, 1.807) is 16.9 Å². The van der Waals surface area contributed by atoms with Crippen LogP contribution in [-0.4, -0.2) is 16.6 Å². The average molecular weight is 496 g/mol. The van der Waals surface area contributed by atoms with Crippen LogP contribution < -0.4 is 10.1 Å². The van der Waals surface area contributed by atoms with Gasteiger partial charge in [0.25, 0.3) is 0 Å². The van der Waals surface area contributed by atoms with E-state index in [1.807, 2.05) is 25.3 Å². The lowest BCUT2D eigenvalue weighted by Crippen LogP contribution is -2.01. The van der Waals surface area contributed by atoms with Gasteiger partial charge in [-0.3, -0.25) is 0 Å². The molecule has 2 aromatic heterocycles. The zero-order valence-corrected chi connectivity index (χ0v) is 21.7. The van der Waals surface area contributed by atoms with Crippen molar-refractivity contribution in [3.8, 4) is 5.75 Å². The average Bonchev–Trinajstić information content (AvgIpc) is 3.38. The second kappa shape index (κ2) is 12.0. The van der Waals surface area contributed by atoms with Crippen molar-refractivity contribution in [3.63, 3.8) is 0 Å². The molecule has 0 unspecified atom stereocenters. The Kier molecular flexibility index (Phi) is 8.09. The topological polar surface area (TPSA) is 47.0 Å². The van der Waals surface area contributed by atoms with Crippen molar-refractivity contribution in [3.05, 3.63) is 94.8 Å². The SMILES string of the molecule is Cc1cnc(C/C=C/c2ccc(OCCCC3=CCCCC3)cc2)nc1Nc1ccc2sccc2c1. The molecule has 0 saturated carbocycles. The highest BCUT2D eigenvalue weighted by Crippen LogP contribution is 2.26. The number of rotatable bonds is 10. The molecule has 184 valence electrons. The number of hydrogen-bond acceptors (Lipinski definition) is 5. The fraction of sp³-hybridized carbons (Fsp3) is 0.290. The molecule has 36 heavy (non-hydrogen) atoms. The molecule has 0 amide bonds. The van der Waals surface area contributed by atoms with E-state index >= 15 is 0 Å². The molecule has 1 N–H and O–H groups in total. The van der Waals surface area contributed by atoms with Crippen LogP contribution in [-0.2, 0) is 6.42 Å². The van der Waals surface area contributed by atoms with Crippen LogP contribution >= 0.6 is 11.3 Å². The number of fused-ring (bicyclic) bond motifs is 1. The smallest absolute Gasteiger partial charge is 0.137 e. The van der Waals surface area contributed by atoms with Crippen LogP contribution in [0.5, 0.6) is 5.75 Å². The third kappa shape index (κ3) is 6.61. The van der Waals surface area contributed by atoms with Crippen molar-refractivity contribution < 1.29 is 4.74 Å². The normalized spacial score (nSPS) is 13.8. The van der Waals surface area contributed by atoms with Gasteiger partial charge in [0.1, 0.15) is 17.4 Å². The Balaban J connectivity index is 1.12. The molecule has 2 aromatic carbocycles. The first-order chi connectivity index (χ1) is 17.7. The van der Waals surface area contributed by atoms with Gasteiger partial charge in [-0.05, 0) is 98.2 Å². The Morgan fingerprint density at radius 3 is 2.86 bits per heavy atom. The van der Waals surface area contributed by atoms with Crippen molar-refractivity contribution in [2.24, 2.45) is 0 Å². The fourth-order valence-electron chi connectivity index (χ4n) is 4.48. The van der Waals surface area contributed by atoms with E-state index in [0.29, 0.717) is 6.42 Å². The lowest BCUT2D eigenvalue weighted by atomic mass is 9.96. The highest BCUT2D eigenvalue weighted by molar-refractivity contribution is 7.17. The second-order valence-electron chi connectivity index (χ2n) is 9.35. The van der Waals surface area contributed by atoms with Gasteiger partial charge in [0, 0.05) is 28.6 Å². The van der Waals surface area contributed by atoms with E-state index in [0.717, 1.165) is 47.2 Å². The predicted octanol–water partition coefficient (Wildman–Crippen LogP) is 8.66. The maximum Gasteiger partial charge on any atom is 0.137 e. The molecule has 4 nitrogen and oxygen atoms in total. The van der Waals surface area contributed by atoms with Crippen molar-refractivity contribution in [2.45, 2.75) is 51.9 Å². The summed E-state index contributed by atoms with van der Waals surface area (Å²) < 4.78 is 7.23. The molecule has 0 radical (unpaired) electrons. The Labute approximate surface area is 217 Å². The van der Waals surface area contributed by atoms with E-state index < -0.39 is 0 Å². The van der Waals surface area contributed by atoms with Crippen LogP contribution in [0.25, 0.3) is 16.2 Å². The number of nitrogens with one attached hydrogen (secondary N) is 1. The van der Waals surface area contributed by atoms with Crippen LogP contribution in [0.4, 0.5) is 11.5 Å². The summed E-state index contributed by atoms with van der Waals surface area (Å²) in [5, 5.41) is 6.82. The van der Waals surface area contributed by atoms with Crippen molar-refractivity contribution in [1.29, 1.82) is 0 Å². The van der Waals surface area contributed by atoms with Gasteiger partial charge in [-0.15, -0.1) is 11.3 Å². The molecule has 0 aliphatic heterocycles. The lowest BCUT2D eigenvalue weighted by molar-refractivity contribution is 0.310. The third-order valence-corrected chi connectivity index (χ3v) is 7.42. The highest BCUT2D eigenvalue weighted by Gasteiger charge is 2.06. The van der Waals surface area contributed by atoms with Crippen molar-refractivity contribution in [1.82, 2.24) is 9.97 Å². The number of hydrogen-bond donors (Lipinski definition) is 1. The molecule has 5 heteroatoms. The molecule has 0 spiro atoms. The predicted molar refractivity (Wildman–Crippen MR) is 152 cm³/mol. The number of allylic oxidation sites excluding steroid dienone is 3. The molecule has 1 aliphatic rings. The van der Waals surface area contributed by atoms with Crippen LogP contribution in [0.1, 0.15) is 55.5 Å². The molecule has 0 saturated heterocycles. The summed E-state index contributed by atoms with van der Waals surface area (Å²) in [6, 6.07) is 16.8. The Morgan fingerprint density at radius 2 is 2.00 bits per heavy atom. The minimum absolute atomic E-state index is 0.673. The summed E-state index contributed by atoms with van der Waals surface area (Å²) >= 11 is 1.76. The number of aryl methyl sites for hydroxylation is 1. The van der Waals surface area contributed by atoms with Gasteiger partial charge in [-0.25, -0.2) is 9.97 Å². The zero-order chi connectivity index (χ0) is 24.6. The summed E-state index contributed by atoms with van der Waals surface area (Å²) in [7, 11) is 0. The lowest BCUT2D eigenvalue weighted by Gasteiger charge is -2.12. The number of ether oxygens (including phenoxy) is 1. The number of benzene rings is 2. The van der Waals surface area contributed by atoms with Crippen molar-refractivity contribution in [2.75, 3.05) is 11.9 Å². The van der Waals surface area contributed by atoms with Gasteiger partial charge in [-0.1, -0.05) is 35.9 Å². The molecule has 5 rings (SSSR count). The molecule has 0 bridgehead atoms. The summed E-state index contributed by atoms with van der Waals surface area (Å²) in [4.78, 5) is 9.28. The van der Waals surface area contributed by atoms with Crippen LogP contribution in [0.2, 0.25) is 0 Å². The standard InChI is InChI=1S/C31H33N3OS/c1-23-22-32-30(34-31(23)33-27-14-17-29-26(21-27)18-20-36-29)11-5-9-25-12-15-28(16-13-25)35-19-6-10-24-7-3-2-4-8-24/h5,7,9,12-18,20-22H,2-4,6,8,10-11,19H2,1H3,(H,32,33,34)/b9-5+. The first kappa shape index (κ1) is 24.3. The van der Waals surface area contributed by atoms with E-state index in [-0.39, 0.29) is 0 Å². The van der Waals surface area contributed by atoms with Gasteiger partial charge in [0.05, 0.1) is 6.61 Å². The largest absolute Gasteiger partial charge is 0.494 e. The Hall–Kier alpha value is -3.44. The monoisotopic (exact) mass is 495 g/mol. The molecule has 0 atom stereocenters. The van der Waals surface area contributed by atoms with Gasteiger partial charge in [-0.2, -0.15) is 0 Å². The van der Waals surface area contributed by atoms with E-state index in [1.165, 1.54) is 42.2 Å². The van der Waals surface area contributed by atoms with Crippen molar-refractivity contribution >= 4 is 39.0 Å². The Bertz CT molecular complexity index is 1350. The van der Waals surface area contributed by atoms with Gasteiger partial charge >= 0.3 is 0 Å². The van der Waals surface area contributed by atoms with Gasteiger partial charge in [0.15, 0.2) is 0 Å². The van der Waals surface area contributed by atoms with Crippen LogP contribution in [0.15, 0.2) is 77.8 Å². The number of nitrogens with zero attached hydrogens (tertiary/aromatic N) is 2. The summed E-state index contributed by atoms with van der Waals surface area (Å²) in [6.07, 6.45) is 16.7. The minimum atomic E-state index is 0.673. The quantitative estimate of drug-likeness (QED) is 0.177. The highest BCUT2D eigenvalue weighted by atomic mass is 32.1. The summed E-state index contributed by atoms with van der Waals surface area (Å²) in [5.41, 5.74) is 4.83.